The fourth-order valence-electron chi connectivity index (χ4n) is 13.7. The van der Waals surface area contributed by atoms with Crippen molar-refractivity contribution in [2.24, 2.45) is 111 Å². The zero-order chi connectivity index (χ0) is 38.3. The van der Waals surface area contributed by atoms with Crippen LogP contribution in [-0.2, 0) is 0 Å². The number of hydrogen-bond donors (Lipinski definition) is 0. The summed E-state index contributed by atoms with van der Waals surface area (Å²) >= 11 is 0. The predicted molar refractivity (Wildman–Crippen MR) is 233 cm³/mol. The number of allylic oxidation sites excluding steroid dienone is 4. The molecule has 5 fully saturated rings. The zero-order valence-corrected chi connectivity index (χ0v) is 37.8. The molecule has 0 N–H and O–H groups in total. The van der Waals surface area contributed by atoms with Gasteiger partial charge in [0.05, 0.1) is 0 Å². The van der Waals surface area contributed by atoms with Crippen LogP contribution in [0, 0.1) is 111 Å². The third kappa shape index (κ3) is 11.3. The molecule has 6 aliphatic carbocycles. The monoisotopic (exact) mass is 729 g/mol. The Bertz CT molecular complexity index is 1220. The van der Waals surface area contributed by atoms with Gasteiger partial charge in [-0.05, 0) is 214 Å². The van der Waals surface area contributed by atoms with E-state index in [0.717, 1.165) is 101 Å². The molecule has 0 bridgehead atoms. The van der Waals surface area contributed by atoms with Crippen LogP contribution in [-0.4, -0.2) is 0 Å². The first kappa shape index (κ1) is 42.1. The predicted octanol–water partition coefficient (Wildman–Crippen LogP) is 16.3. The molecule has 5 saturated carbocycles. The van der Waals surface area contributed by atoms with Crippen molar-refractivity contribution in [3.05, 3.63) is 24.3 Å². The van der Waals surface area contributed by atoms with Crippen molar-refractivity contribution in [2.45, 2.75) is 199 Å². The van der Waals surface area contributed by atoms with Crippen LogP contribution in [0.3, 0.4) is 0 Å². The van der Waals surface area contributed by atoms with Crippen molar-refractivity contribution < 1.29 is 0 Å². The van der Waals surface area contributed by atoms with E-state index in [2.05, 4.69) is 107 Å². The van der Waals surface area contributed by atoms with Gasteiger partial charge in [0.25, 0.3) is 0 Å². The molecule has 0 aromatic heterocycles. The van der Waals surface area contributed by atoms with Crippen molar-refractivity contribution in [1.29, 1.82) is 0 Å². The lowest BCUT2D eigenvalue weighted by atomic mass is 9.53. The highest BCUT2D eigenvalue weighted by Gasteiger charge is 2.53. The van der Waals surface area contributed by atoms with E-state index in [0.29, 0.717) is 16.2 Å². The summed E-state index contributed by atoms with van der Waals surface area (Å²) in [6.45, 7) is 30.5. The molecular formula is C53H92. The topological polar surface area (TPSA) is 0 Å². The van der Waals surface area contributed by atoms with Crippen LogP contribution in [0.25, 0.3) is 0 Å². The summed E-state index contributed by atoms with van der Waals surface area (Å²) in [7, 11) is 0. The van der Waals surface area contributed by atoms with Gasteiger partial charge in [0.15, 0.2) is 0 Å². The van der Waals surface area contributed by atoms with Gasteiger partial charge in [0.2, 0.25) is 0 Å². The molecule has 0 nitrogen and oxygen atoms in total. The third-order valence-corrected chi connectivity index (χ3v) is 18.1. The minimum atomic E-state index is 0.334. The van der Waals surface area contributed by atoms with Crippen molar-refractivity contribution in [3.8, 4) is 0 Å². The van der Waals surface area contributed by atoms with Crippen molar-refractivity contribution in [1.82, 2.24) is 0 Å². The molecule has 0 spiro atoms. The van der Waals surface area contributed by atoms with Crippen LogP contribution in [0.1, 0.15) is 199 Å². The Kier molecular flexibility index (Phi) is 13.6. The van der Waals surface area contributed by atoms with E-state index in [9.17, 15) is 0 Å². The maximum absolute atomic E-state index is 2.74. The molecule has 0 aliphatic heterocycles. The summed E-state index contributed by atoms with van der Waals surface area (Å²) in [6.07, 6.45) is 36.3. The molecule has 0 radical (unpaired) electrons. The normalized spacial score (nSPS) is 40.3. The molecule has 0 amide bonds. The molecule has 6 aliphatic rings. The van der Waals surface area contributed by atoms with Gasteiger partial charge in [-0.15, -0.1) is 0 Å². The second-order valence-corrected chi connectivity index (χ2v) is 24.1. The summed E-state index contributed by atoms with van der Waals surface area (Å²) in [4.78, 5) is 0. The van der Waals surface area contributed by atoms with E-state index < -0.39 is 0 Å². The maximum atomic E-state index is 2.74. The van der Waals surface area contributed by atoms with Gasteiger partial charge in [-0.3, -0.25) is 0 Å². The molecule has 0 heteroatoms. The fraction of sp³-hybridized carbons (Fsp3) is 0.925. The molecule has 17 atom stereocenters. The smallest absolute Gasteiger partial charge is 0.0168 e. The summed E-state index contributed by atoms with van der Waals surface area (Å²) in [6, 6.07) is 0. The molecule has 53 heavy (non-hydrogen) atoms. The van der Waals surface area contributed by atoms with Gasteiger partial charge >= 0.3 is 0 Å². The summed E-state index contributed by atoms with van der Waals surface area (Å²) in [5.41, 5.74) is 1.53. The van der Waals surface area contributed by atoms with Crippen LogP contribution >= 0.6 is 0 Å². The van der Waals surface area contributed by atoms with E-state index in [1.165, 1.54) is 89.9 Å². The van der Waals surface area contributed by atoms with Crippen LogP contribution in [0.15, 0.2) is 24.3 Å². The zero-order valence-electron chi connectivity index (χ0n) is 37.8. The average molecular weight is 729 g/mol. The Labute approximate surface area is 332 Å². The molecular weight excluding hydrogens is 637 g/mol. The molecule has 304 valence electrons. The van der Waals surface area contributed by atoms with Gasteiger partial charge in [-0.2, -0.15) is 0 Å². The van der Waals surface area contributed by atoms with E-state index in [4.69, 9.17) is 0 Å². The molecule has 0 saturated heterocycles. The van der Waals surface area contributed by atoms with Crippen molar-refractivity contribution in [3.63, 3.8) is 0 Å². The first-order chi connectivity index (χ1) is 25.0. The molecule has 6 rings (SSSR count). The Morgan fingerprint density at radius 1 is 0.811 bits per heavy atom. The first-order valence-corrected chi connectivity index (χ1v) is 24.4. The van der Waals surface area contributed by atoms with E-state index in [1.807, 2.05) is 0 Å². The van der Waals surface area contributed by atoms with E-state index in [-0.39, 0.29) is 0 Å². The maximum Gasteiger partial charge on any atom is -0.0168 e. The van der Waals surface area contributed by atoms with Gasteiger partial charge in [-0.25, -0.2) is 0 Å². The van der Waals surface area contributed by atoms with Crippen LogP contribution in [0.4, 0.5) is 0 Å². The standard InChI is InChI=1S/C53H92/c1-13-15-22-52(10,11)32-35(3)24-45-31-48(50(45)39(7)26-44-30-49(44)41-17-16-18-41)36(4)19-20-46-34-53(46,12)33-40(25-37(5)47-27-38(47)6)28-43-29-42(43)21-23-51(8,9)14-2/h15-17,22,35-50H,13-14,18-21,23-34H2,1-12H3. The Hall–Kier alpha value is -0.520. The lowest BCUT2D eigenvalue weighted by Crippen LogP contribution is -2.45. The molecule has 0 aromatic rings. The molecule has 0 heterocycles. The second-order valence-electron chi connectivity index (χ2n) is 24.1. The largest absolute Gasteiger partial charge is 0.0883 e. The number of hydrogen-bond acceptors (Lipinski definition) is 0. The van der Waals surface area contributed by atoms with E-state index in [1.54, 1.807) is 19.3 Å². The van der Waals surface area contributed by atoms with Crippen LogP contribution in [0.5, 0.6) is 0 Å². The molecule has 0 aromatic carbocycles. The fourth-order valence-corrected chi connectivity index (χ4v) is 13.7. The minimum absolute atomic E-state index is 0.334. The molecule has 17 unspecified atom stereocenters. The Morgan fingerprint density at radius 2 is 1.55 bits per heavy atom. The average Bonchev–Trinajstić information content (AvgIpc) is 3.90. The Morgan fingerprint density at radius 3 is 2.19 bits per heavy atom. The third-order valence-electron chi connectivity index (χ3n) is 18.1. The van der Waals surface area contributed by atoms with Gasteiger partial charge in [0, 0.05) is 0 Å². The van der Waals surface area contributed by atoms with Gasteiger partial charge in [-0.1, -0.05) is 120 Å². The summed E-state index contributed by atoms with van der Waals surface area (Å²) in [5.74, 6) is 15.7. The van der Waals surface area contributed by atoms with Gasteiger partial charge < -0.3 is 0 Å². The highest BCUT2D eigenvalue weighted by atomic mass is 14.6. The summed E-state index contributed by atoms with van der Waals surface area (Å²) < 4.78 is 0. The van der Waals surface area contributed by atoms with Gasteiger partial charge in [0.1, 0.15) is 0 Å². The second kappa shape index (κ2) is 17.1. The van der Waals surface area contributed by atoms with Crippen molar-refractivity contribution in [2.75, 3.05) is 0 Å². The summed E-state index contributed by atoms with van der Waals surface area (Å²) in [5, 5.41) is 0. The van der Waals surface area contributed by atoms with E-state index >= 15 is 0 Å². The lowest BCUT2D eigenvalue weighted by molar-refractivity contribution is -0.0318. The minimum Gasteiger partial charge on any atom is -0.0883 e. The highest BCUT2D eigenvalue weighted by Crippen LogP contribution is 2.63. The SMILES string of the molecule is CCC=CC(C)(C)CC(C)CC1CC(C(C)CCC2CC2(C)CC(CC(C)C2CC2C)CC2CC2CCC(C)(C)CC)C1C(C)CC1CC1C1C=CC1. The highest BCUT2D eigenvalue weighted by molar-refractivity contribution is 5.11. The first-order valence-electron chi connectivity index (χ1n) is 24.4. The lowest BCUT2D eigenvalue weighted by Gasteiger charge is -2.52. The Balaban J connectivity index is 1.00. The number of rotatable bonds is 25. The van der Waals surface area contributed by atoms with Crippen LogP contribution < -0.4 is 0 Å². The van der Waals surface area contributed by atoms with Crippen molar-refractivity contribution >= 4 is 0 Å². The van der Waals surface area contributed by atoms with Crippen LogP contribution in [0.2, 0.25) is 0 Å². The quantitative estimate of drug-likeness (QED) is 0.0821.